The van der Waals surface area contributed by atoms with Gasteiger partial charge in [0, 0.05) is 11.6 Å². The Labute approximate surface area is 121 Å². The number of aromatic nitrogens is 3. The average Bonchev–Trinajstić information content (AvgIpc) is 2.83. The Kier molecular flexibility index (Phi) is 4.26. The molecule has 1 aromatic heterocycles. The normalized spacial score (nSPS) is 11.6. The lowest BCUT2D eigenvalue weighted by molar-refractivity contribution is 0.280. The number of aryl methyl sites for hydroxylation is 1. The Morgan fingerprint density at radius 3 is 2.85 bits per heavy atom. The molecule has 0 aliphatic heterocycles. The average molecular weight is 317 g/mol. The van der Waals surface area contributed by atoms with Crippen molar-refractivity contribution in [1.29, 1.82) is 0 Å². The first kappa shape index (κ1) is 14.8. The van der Waals surface area contributed by atoms with E-state index < -0.39 is 10.0 Å². The van der Waals surface area contributed by atoms with Crippen LogP contribution in [0.15, 0.2) is 29.4 Å². The van der Waals surface area contributed by atoms with Gasteiger partial charge in [0.25, 0.3) is 0 Å². The van der Waals surface area contributed by atoms with Gasteiger partial charge in [0.2, 0.25) is 10.0 Å². The van der Waals surface area contributed by atoms with Crippen LogP contribution in [-0.2, 0) is 23.2 Å². The summed E-state index contributed by atoms with van der Waals surface area (Å²) < 4.78 is 30.1. The van der Waals surface area contributed by atoms with Gasteiger partial charge in [0.1, 0.15) is 23.6 Å². The molecule has 0 bridgehead atoms. The highest BCUT2D eigenvalue weighted by Gasteiger charge is 2.16. The van der Waals surface area contributed by atoms with Gasteiger partial charge in [-0.15, -0.1) is 0 Å². The molecule has 0 aliphatic carbocycles. The van der Waals surface area contributed by atoms with E-state index in [1.807, 2.05) is 6.92 Å². The van der Waals surface area contributed by atoms with Gasteiger partial charge in [-0.3, -0.25) is 0 Å². The van der Waals surface area contributed by atoms with E-state index in [4.69, 9.17) is 21.5 Å². The van der Waals surface area contributed by atoms with Crippen molar-refractivity contribution in [1.82, 2.24) is 14.8 Å². The molecule has 108 valence electrons. The number of ether oxygens (including phenoxy) is 1. The maximum Gasteiger partial charge on any atom is 0.241 e. The molecule has 1 heterocycles. The van der Waals surface area contributed by atoms with Crippen LogP contribution >= 0.6 is 11.6 Å². The molecule has 2 aromatic rings. The summed E-state index contributed by atoms with van der Waals surface area (Å²) in [6.45, 7) is 2.63. The van der Waals surface area contributed by atoms with Crippen LogP contribution in [0.1, 0.15) is 12.7 Å². The van der Waals surface area contributed by atoms with Crippen molar-refractivity contribution in [2.75, 3.05) is 0 Å². The Bertz CT molecular complexity index is 714. The first-order chi connectivity index (χ1) is 9.41. The summed E-state index contributed by atoms with van der Waals surface area (Å²) in [5.41, 5.74) is 0. The molecular formula is C11H13ClN4O3S. The number of primary sulfonamides is 1. The molecule has 0 radical (unpaired) electrons. The zero-order valence-corrected chi connectivity index (χ0v) is 12.2. The fourth-order valence-electron chi connectivity index (χ4n) is 1.63. The van der Waals surface area contributed by atoms with Crippen molar-refractivity contribution in [3.05, 3.63) is 35.4 Å². The van der Waals surface area contributed by atoms with Gasteiger partial charge in [-0.25, -0.2) is 23.2 Å². The van der Waals surface area contributed by atoms with E-state index in [1.165, 1.54) is 24.5 Å². The number of hydrogen-bond donors (Lipinski definition) is 1. The monoisotopic (exact) mass is 316 g/mol. The number of benzene rings is 1. The predicted molar refractivity (Wildman–Crippen MR) is 72.9 cm³/mol. The third-order valence-electron chi connectivity index (χ3n) is 2.56. The Morgan fingerprint density at radius 1 is 1.45 bits per heavy atom. The third kappa shape index (κ3) is 3.27. The summed E-state index contributed by atoms with van der Waals surface area (Å²) >= 11 is 5.77. The summed E-state index contributed by atoms with van der Waals surface area (Å²) in [6.07, 6.45) is 1.41. The second-order valence-corrected chi connectivity index (χ2v) is 5.88. The number of sulfonamides is 1. The summed E-state index contributed by atoms with van der Waals surface area (Å²) in [5.74, 6) is 0.713. The highest BCUT2D eigenvalue weighted by Crippen LogP contribution is 2.26. The minimum Gasteiger partial charge on any atom is -0.484 e. The molecule has 2 N–H and O–H groups in total. The standard InChI is InChI=1S/C11H13ClN4O3S/c1-2-16-11(14-7-15-16)6-19-9-4-3-8(12)5-10(9)20(13,17)18/h3-5,7H,2,6H2,1H3,(H2,13,17,18). The summed E-state index contributed by atoms with van der Waals surface area (Å²) in [7, 11) is -3.91. The van der Waals surface area contributed by atoms with Crippen LogP contribution in [0.2, 0.25) is 5.02 Å². The smallest absolute Gasteiger partial charge is 0.241 e. The van der Waals surface area contributed by atoms with Gasteiger partial charge in [0.05, 0.1) is 0 Å². The molecule has 0 atom stereocenters. The van der Waals surface area contributed by atoms with Crippen LogP contribution in [0.25, 0.3) is 0 Å². The van der Waals surface area contributed by atoms with Crippen LogP contribution in [-0.4, -0.2) is 23.2 Å². The molecule has 0 saturated heterocycles. The van der Waals surface area contributed by atoms with Crippen molar-refractivity contribution in [2.45, 2.75) is 25.0 Å². The highest BCUT2D eigenvalue weighted by molar-refractivity contribution is 7.89. The van der Waals surface area contributed by atoms with Crippen LogP contribution < -0.4 is 9.88 Å². The minimum atomic E-state index is -3.91. The van der Waals surface area contributed by atoms with E-state index in [0.717, 1.165) is 0 Å². The van der Waals surface area contributed by atoms with Gasteiger partial charge < -0.3 is 4.74 Å². The number of hydrogen-bond acceptors (Lipinski definition) is 5. The third-order valence-corrected chi connectivity index (χ3v) is 3.73. The lowest BCUT2D eigenvalue weighted by Gasteiger charge is -2.10. The van der Waals surface area contributed by atoms with E-state index >= 15 is 0 Å². The van der Waals surface area contributed by atoms with Crippen molar-refractivity contribution in [3.63, 3.8) is 0 Å². The molecule has 0 fully saturated rings. The fourth-order valence-corrected chi connectivity index (χ4v) is 2.57. The van der Waals surface area contributed by atoms with E-state index in [1.54, 1.807) is 4.68 Å². The summed E-state index contributed by atoms with van der Waals surface area (Å²) in [6, 6.07) is 4.22. The van der Waals surface area contributed by atoms with Gasteiger partial charge in [0.15, 0.2) is 5.82 Å². The van der Waals surface area contributed by atoms with Gasteiger partial charge >= 0.3 is 0 Å². The lowest BCUT2D eigenvalue weighted by Crippen LogP contribution is -2.14. The predicted octanol–water partition coefficient (Wildman–Crippen LogP) is 1.18. The second kappa shape index (κ2) is 5.78. The van der Waals surface area contributed by atoms with Gasteiger partial charge in [-0.05, 0) is 25.1 Å². The van der Waals surface area contributed by atoms with Crippen LogP contribution in [0.5, 0.6) is 5.75 Å². The SMILES string of the molecule is CCn1ncnc1COc1ccc(Cl)cc1S(N)(=O)=O. The van der Waals surface area contributed by atoms with E-state index in [2.05, 4.69) is 10.1 Å². The maximum absolute atomic E-state index is 11.5. The molecule has 9 heteroatoms. The second-order valence-electron chi connectivity index (χ2n) is 3.92. The first-order valence-electron chi connectivity index (χ1n) is 5.73. The fraction of sp³-hybridized carbons (Fsp3) is 0.273. The molecule has 0 unspecified atom stereocenters. The zero-order chi connectivity index (χ0) is 14.8. The van der Waals surface area contributed by atoms with Crippen LogP contribution in [0.4, 0.5) is 0 Å². The van der Waals surface area contributed by atoms with E-state index in [-0.39, 0.29) is 22.3 Å². The Morgan fingerprint density at radius 2 is 2.20 bits per heavy atom. The number of nitrogens with two attached hydrogens (primary N) is 1. The number of nitrogens with zero attached hydrogens (tertiary/aromatic N) is 3. The Hall–Kier alpha value is -1.64. The number of halogens is 1. The summed E-state index contributed by atoms with van der Waals surface area (Å²) in [5, 5.41) is 9.39. The van der Waals surface area contributed by atoms with Crippen molar-refractivity contribution in [2.24, 2.45) is 5.14 Å². The zero-order valence-electron chi connectivity index (χ0n) is 10.7. The molecule has 0 amide bonds. The molecular weight excluding hydrogens is 304 g/mol. The van der Waals surface area contributed by atoms with Crippen molar-refractivity contribution < 1.29 is 13.2 Å². The minimum absolute atomic E-state index is 0.0813. The molecule has 0 saturated carbocycles. The van der Waals surface area contributed by atoms with Gasteiger partial charge in [-0.1, -0.05) is 11.6 Å². The quantitative estimate of drug-likeness (QED) is 0.892. The number of rotatable bonds is 5. The molecule has 7 nitrogen and oxygen atoms in total. The Balaban J connectivity index is 2.26. The first-order valence-corrected chi connectivity index (χ1v) is 7.66. The van der Waals surface area contributed by atoms with Crippen molar-refractivity contribution in [3.8, 4) is 5.75 Å². The molecule has 1 aromatic carbocycles. The molecule has 20 heavy (non-hydrogen) atoms. The van der Waals surface area contributed by atoms with E-state index in [0.29, 0.717) is 12.4 Å². The summed E-state index contributed by atoms with van der Waals surface area (Å²) in [4.78, 5) is 3.87. The van der Waals surface area contributed by atoms with E-state index in [9.17, 15) is 8.42 Å². The lowest BCUT2D eigenvalue weighted by atomic mass is 10.3. The molecule has 0 aliphatic rings. The van der Waals surface area contributed by atoms with Crippen molar-refractivity contribution >= 4 is 21.6 Å². The molecule has 0 spiro atoms. The topological polar surface area (TPSA) is 100 Å². The highest BCUT2D eigenvalue weighted by atomic mass is 35.5. The van der Waals surface area contributed by atoms with Gasteiger partial charge in [-0.2, -0.15) is 5.10 Å². The van der Waals surface area contributed by atoms with Crippen LogP contribution in [0, 0.1) is 0 Å². The molecule has 2 rings (SSSR count). The van der Waals surface area contributed by atoms with Crippen LogP contribution in [0.3, 0.4) is 0 Å². The maximum atomic E-state index is 11.5. The largest absolute Gasteiger partial charge is 0.484 e.